The molecule has 0 radical (unpaired) electrons. The van der Waals surface area contributed by atoms with Crippen molar-refractivity contribution in [2.24, 2.45) is 0 Å². The molecule has 1 aromatic heterocycles. The molecule has 0 aliphatic heterocycles. The van der Waals surface area contributed by atoms with E-state index in [2.05, 4.69) is 0 Å². The Labute approximate surface area is 131 Å². The largest absolute Gasteiger partial charge is 0.451 e. The molecule has 0 aliphatic carbocycles. The summed E-state index contributed by atoms with van der Waals surface area (Å²) in [6.45, 7) is -0.350. The van der Waals surface area contributed by atoms with Crippen LogP contribution in [0.5, 0.6) is 0 Å². The van der Waals surface area contributed by atoms with Gasteiger partial charge in [0.05, 0.1) is 0 Å². The summed E-state index contributed by atoms with van der Waals surface area (Å²) in [5, 5.41) is 1.34. The summed E-state index contributed by atoms with van der Waals surface area (Å²) in [5.74, 6) is -0.898. The predicted molar refractivity (Wildman–Crippen MR) is 82.3 cm³/mol. The Kier molecular flexibility index (Phi) is 3.94. The van der Waals surface area contributed by atoms with Gasteiger partial charge in [0, 0.05) is 16.0 Å². The van der Waals surface area contributed by atoms with Crippen LogP contribution in [-0.4, -0.2) is 18.4 Å². The van der Waals surface area contributed by atoms with Crippen molar-refractivity contribution in [2.45, 2.75) is 0 Å². The Balaban J connectivity index is 1.66. The third-order valence-electron chi connectivity index (χ3n) is 3.13. The fourth-order valence-corrected chi connectivity index (χ4v) is 2.13. The number of fused-ring (bicyclic) bond motifs is 1. The van der Waals surface area contributed by atoms with Crippen molar-refractivity contribution in [1.82, 2.24) is 0 Å². The monoisotopic (exact) mass is 314 g/mol. The van der Waals surface area contributed by atoms with Gasteiger partial charge in [0.1, 0.15) is 5.58 Å². The summed E-state index contributed by atoms with van der Waals surface area (Å²) in [6, 6.07) is 15.2. The summed E-state index contributed by atoms with van der Waals surface area (Å²) in [7, 11) is 0. The highest BCUT2D eigenvalue weighted by molar-refractivity contribution is 6.30. The second-order valence-corrected chi connectivity index (χ2v) is 5.09. The summed E-state index contributed by atoms with van der Waals surface area (Å²) >= 11 is 5.75. The fraction of sp³-hybridized carbons (Fsp3) is 0.0588. The Morgan fingerprint density at radius 2 is 1.77 bits per heavy atom. The topological polar surface area (TPSA) is 56.5 Å². The van der Waals surface area contributed by atoms with Crippen molar-refractivity contribution in [2.75, 3.05) is 6.61 Å². The molecule has 0 atom stereocenters. The second kappa shape index (κ2) is 6.03. The molecule has 0 saturated carbocycles. The van der Waals surface area contributed by atoms with Gasteiger partial charge in [0.25, 0.3) is 0 Å². The first-order chi connectivity index (χ1) is 10.6. The van der Waals surface area contributed by atoms with Gasteiger partial charge < -0.3 is 9.15 Å². The van der Waals surface area contributed by atoms with E-state index in [1.54, 1.807) is 36.4 Å². The number of ketones is 1. The number of carbonyl (C=O) groups excluding carboxylic acids is 2. The molecule has 0 N–H and O–H groups in total. The quantitative estimate of drug-likeness (QED) is 0.537. The molecule has 0 bridgehead atoms. The number of ether oxygens (including phenoxy) is 1. The van der Waals surface area contributed by atoms with E-state index in [0.717, 1.165) is 5.39 Å². The van der Waals surface area contributed by atoms with Gasteiger partial charge in [-0.1, -0.05) is 29.8 Å². The number of para-hydroxylation sites is 1. The number of benzene rings is 2. The first-order valence-corrected chi connectivity index (χ1v) is 6.96. The molecule has 0 aliphatic rings. The van der Waals surface area contributed by atoms with Crippen molar-refractivity contribution < 1.29 is 18.7 Å². The van der Waals surface area contributed by atoms with Crippen LogP contribution in [0.2, 0.25) is 5.02 Å². The van der Waals surface area contributed by atoms with Crippen molar-refractivity contribution in [3.05, 3.63) is 70.9 Å². The maximum atomic E-state index is 11.9. The molecular weight excluding hydrogens is 304 g/mol. The minimum Gasteiger partial charge on any atom is -0.451 e. The Hall–Kier alpha value is -2.59. The molecule has 2 aromatic carbocycles. The van der Waals surface area contributed by atoms with Crippen LogP contribution in [-0.2, 0) is 4.74 Å². The molecule has 0 spiro atoms. The second-order valence-electron chi connectivity index (χ2n) is 4.65. The number of hydrogen-bond donors (Lipinski definition) is 0. The number of carbonyl (C=O) groups is 2. The Morgan fingerprint density at radius 1 is 1.05 bits per heavy atom. The van der Waals surface area contributed by atoms with Gasteiger partial charge in [-0.25, -0.2) is 4.79 Å². The Bertz CT molecular complexity index is 800. The average Bonchev–Trinajstić information content (AvgIpc) is 2.97. The maximum Gasteiger partial charge on any atom is 0.374 e. The first-order valence-electron chi connectivity index (χ1n) is 6.58. The number of halogens is 1. The molecule has 5 heteroatoms. The van der Waals surface area contributed by atoms with E-state index in [0.29, 0.717) is 16.2 Å². The van der Waals surface area contributed by atoms with Crippen LogP contribution < -0.4 is 0 Å². The Morgan fingerprint density at radius 3 is 2.50 bits per heavy atom. The third kappa shape index (κ3) is 3.02. The fourth-order valence-electron chi connectivity index (χ4n) is 2.00. The van der Waals surface area contributed by atoms with E-state index in [1.165, 1.54) is 0 Å². The lowest BCUT2D eigenvalue weighted by atomic mass is 10.1. The van der Waals surface area contributed by atoms with Gasteiger partial charge in [-0.05, 0) is 36.4 Å². The number of Topliss-reactive ketones (excluding diaryl/α,β-unsaturated/α-hetero) is 1. The summed E-state index contributed by atoms with van der Waals surface area (Å²) in [5.41, 5.74) is 1.03. The first kappa shape index (κ1) is 14.4. The van der Waals surface area contributed by atoms with E-state index in [1.807, 2.05) is 18.2 Å². The molecule has 22 heavy (non-hydrogen) atoms. The number of hydrogen-bond acceptors (Lipinski definition) is 4. The van der Waals surface area contributed by atoms with Crippen LogP contribution in [0.4, 0.5) is 0 Å². The minimum atomic E-state index is -0.668. The number of esters is 1. The van der Waals surface area contributed by atoms with E-state index < -0.39 is 5.97 Å². The van der Waals surface area contributed by atoms with Crippen LogP contribution in [0, 0.1) is 0 Å². The zero-order valence-corrected chi connectivity index (χ0v) is 12.2. The lowest BCUT2D eigenvalue weighted by Crippen LogP contribution is -2.13. The highest BCUT2D eigenvalue weighted by atomic mass is 35.5. The molecule has 1 heterocycles. The molecule has 3 rings (SSSR count). The standard InChI is InChI=1S/C17H11ClO4/c18-13-7-5-11(6-8-13)14(19)10-21-17(20)16-9-12-3-1-2-4-15(12)22-16/h1-9H,10H2. The molecular formula is C17H11ClO4. The lowest BCUT2D eigenvalue weighted by molar-refractivity contribution is 0.0446. The maximum absolute atomic E-state index is 11.9. The molecule has 0 amide bonds. The third-order valence-corrected chi connectivity index (χ3v) is 3.38. The van der Waals surface area contributed by atoms with Gasteiger partial charge in [-0.2, -0.15) is 0 Å². The molecule has 0 fully saturated rings. The van der Waals surface area contributed by atoms with Crippen LogP contribution in [0.15, 0.2) is 59.0 Å². The molecule has 4 nitrogen and oxygen atoms in total. The number of furan rings is 1. The minimum absolute atomic E-state index is 0.0742. The van der Waals surface area contributed by atoms with Crippen LogP contribution in [0.3, 0.4) is 0 Å². The summed E-state index contributed by atoms with van der Waals surface area (Å²) < 4.78 is 10.4. The smallest absolute Gasteiger partial charge is 0.374 e. The van der Waals surface area contributed by atoms with Crippen molar-refractivity contribution in [3.63, 3.8) is 0 Å². The van der Waals surface area contributed by atoms with Gasteiger partial charge >= 0.3 is 5.97 Å². The van der Waals surface area contributed by atoms with Crippen molar-refractivity contribution in [1.29, 1.82) is 0 Å². The van der Waals surface area contributed by atoms with Gasteiger partial charge in [0.15, 0.2) is 12.4 Å². The van der Waals surface area contributed by atoms with Crippen LogP contribution >= 0.6 is 11.6 Å². The van der Waals surface area contributed by atoms with Crippen LogP contribution in [0.1, 0.15) is 20.9 Å². The lowest BCUT2D eigenvalue weighted by Gasteiger charge is -2.02. The van der Waals surface area contributed by atoms with Gasteiger partial charge in [-0.15, -0.1) is 0 Å². The molecule has 0 unspecified atom stereocenters. The summed E-state index contributed by atoms with van der Waals surface area (Å²) in [4.78, 5) is 23.8. The molecule has 3 aromatic rings. The van der Waals surface area contributed by atoms with Gasteiger partial charge in [-0.3, -0.25) is 4.79 Å². The zero-order chi connectivity index (χ0) is 15.5. The van der Waals surface area contributed by atoms with E-state index >= 15 is 0 Å². The van der Waals surface area contributed by atoms with Crippen molar-refractivity contribution >= 4 is 34.3 Å². The SMILES string of the molecule is O=C(COC(=O)c1cc2ccccc2o1)c1ccc(Cl)cc1. The highest BCUT2D eigenvalue weighted by Gasteiger charge is 2.16. The average molecular weight is 315 g/mol. The molecule has 110 valence electrons. The molecule has 0 saturated heterocycles. The number of rotatable bonds is 4. The predicted octanol–water partition coefficient (Wildman–Crippen LogP) is 4.13. The van der Waals surface area contributed by atoms with Crippen LogP contribution in [0.25, 0.3) is 11.0 Å². The highest BCUT2D eigenvalue weighted by Crippen LogP contribution is 2.19. The van der Waals surface area contributed by atoms with E-state index in [9.17, 15) is 9.59 Å². The van der Waals surface area contributed by atoms with Crippen molar-refractivity contribution in [3.8, 4) is 0 Å². The van der Waals surface area contributed by atoms with E-state index in [4.69, 9.17) is 20.8 Å². The normalized spacial score (nSPS) is 10.6. The van der Waals surface area contributed by atoms with E-state index in [-0.39, 0.29) is 18.2 Å². The zero-order valence-electron chi connectivity index (χ0n) is 11.4. The van der Waals surface area contributed by atoms with Gasteiger partial charge in [0.2, 0.25) is 5.76 Å². The summed E-state index contributed by atoms with van der Waals surface area (Å²) in [6.07, 6.45) is 0.